The molecule has 1 aliphatic heterocycles. The fraction of sp³-hybridized carbons (Fsp3) is 0.250. The van der Waals surface area contributed by atoms with E-state index in [0.717, 1.165) is 31.6 Å². The third kappa shape index (κ3) is 3.80. The third-order valence-electron chi connectivity index (χ3n) is 5.92. The number of hydrogen-bond donors (Lipinski definition) is 1. The first-order chi connectivity index (χ1) is 14.6. The van der Waals surface area contributed by atoms with E-state index in [-0.39, 0.29) is 10.8 Å². The zero-order valence-electron chi connectivity index (χ0n) is 16.6. The van der Waals surface area contributed by atoms with Gasteiger partial charge in [0.25, 0.3) is 0 Å². The number of aromatic amines is 1. The standard InChI is InChI=1S/C24H24N2O3S/c27-30(28,24-9-4-12-29-24)17-18-5-3-6-19(13-18)20-10-11-26(15-20)16-21-14-25-23-8-2-1-7-22(21)23/h1-9,12-14,20,25H,10-11,15-17H2. The molecule has 0 saturated carbocycles. The number of furan rings is 1. The highest BCUT2D eigenvalue weighted by atomic mass is 32.2. The van der Waals surface area contributed by atoms with Gasteiger partial charge in [-0.15, -0.1) is 0 Å². The van der Waals surface area contributed by atoms with E-state index < -0.39 is 9.84 Å². The summed E-state index contributed by atoms with van der Waals surface area (Å²) in [5.74, 6) is 0.376. The largest absolute Gasteiger partial charge is 0.453 e. The van der Waals surface area contributed by atoms with Crippen molar-refractivity contribution in [3.8, 4) is 0 Å². The summed E-state index contributed by atoms with van der Waals surface area (Å²) in [6.45, 7) is 2.94. The smallest absolute Gasteiger partial charge is 0.218 e. The number of H-pyrrole nitrogens is 1. The molecule has 1 fully saturated rings. The molecule has 6 heteroatoms. The first-order valence-electron chi connectivity index (χ1n) is 10.2. The maximum Gasteiger partial charge on any atom is 0.218 e. The number of sulfone groups is 1. The average molecular weight is 421 g/mol. The van der Waals surface area contributed by atoms with Crippen molar-refractivity contribution in [1.82, 2.24) is 9.88 Å². The van der Waals surface area contributed by atoms with E-state index in [9.17, 15) is 8.42 Å². The lowest BCUT2D eigenvalue weighted by molar-refractivity contribution is 0.328. The zero-order valence-corrected chi connectivity index (χ0v) is 17.4. The summed E-state index contributed by atoms with van der Waals surface area (Å²) in [4.78, 5) is 5.83. The molecule has 0 bridgehead atoms. The Morgan fingerprint density at radius 2 is 1.97 bits per heavy atom. The number of nitrogens with one attached hydrogen (secondary N) is 1. The van der Waals surface area contributed by atoms with E-state index in [0.29, 0.717) is 5.92 Å². The number of likely N-dealkylation sites (tertiary alicyclic amines) is 1. The minimum absolute atomic E-state index is 0.0265. The lowest BCUT2D eigenvalue weighted by Crippen LogP contribution is -2.19. The molecule has 4 aromatic rings. The molecule has 0 spiro atoms. The van der Waals surface area contributed by atoms with Gasteiger partial charge in [0.1, 0.15) is 0 Å². The zero-order chi connectivity index (χ0) is 20.6. The number of fused-ring (bicyclic) bond motifs is 1. The first kappa shape index (κ1) is 19.2. The molecule has 1 aliphatic rings. The molecule has 2 aromatic heterocycles. The van der Waals surface area contributed by atoms with E-state index in [1.807, 2.05) is 24.3 Å². The summed E-state index contributed by atoms with van der Waals surface area (Å²) < 4.78 is 30.2. The molecule has 0 aliphatic carbocycles. The lowest BCUT2D eigenvalue weighted by Gasteiger charge is -2.16. The summed E-state index contributed by atoms with van der Waals surface area (Å²) in [7, 11) is -3.46. The SMILES string of the molecule is O=S(=O)(Cc1cccc(C2CCN(Cc3c[nH]c4ccccc34)C2)c1)c1ccco1. The van der Waals surface area contributed by atoms with Gasteiger partial charge in [-0.25, -0.2) is 8.42 Å². The van der Waals surface area contributed by atoms with E-state index in [4.69, 9.17) is 4.42 Å². The van der Waals surface area contributed by atoms with Crippen LogP contribution in [0.2, 0.25) is 0 Å². The van der Waals surface area contributed by atoms with Gasteiger partial charge in [0, 0.05) is 30.2 Å². The van der Waals surface area contributed by atoms with Crippen LogP contribution in [-0.2, 0) is 22.1 Å². The van der Waals surface area contributed by atoms with E-state index >= 15 is 0 Å². The maximum absolute atomic E-state index is 12.5. The van der Waals surface area contributed by atoms with Gasteiger partial charge in [-0.05, 0) is 53.8 Å². The Morgan fingerprint density at radius 3 is 2.83 bits per heavy atom. The first-order valence-corrected chi connectivity index (χ1v) is 11.9. The van der Waals surface area contributed by atoms with Gasteiger partial charge in [0.05, 0.1) is 12.0 Å². The van der Waals surface area contributed by atoms with Crippen molar-refractivity contribution in [3.63, 3.8) is 0 Å². The molecule has 154 valence electrons. The predicted molar refractivity (Wildman–Crippen MR) is 117 cm³/mol. The highest BCUT2D eigenvalue weighted by molar-refractivity contribution is 7.90. The summed E-state index contributed by atoms with van der Waals surface area (Å²) >= 11 is 0. The summed E-state index contributed by atoms with van der Waals surface area (Å²) in [5, 5.41) is 1.31. The summed E-state index contributed by atoms with van der Waals surface area (Å²) in [6, 6.07) is 19.5. The fourth-order valence-corrected chi connectivity index (χ4v) is 5.67. The van der Waals surface area contributed by atoms with Gasteiger partial charge in [-0.2, -0.15) is 0 Å². The molecule has 1 N–H and O–H groups in total. The Labute approximate surface area is 176 Å². The molecule has 0 amide bonds. The Bertz CT molecular complexity index is 1260. The van der Waals surface area contributed by atoms with Crippen LogP contribution < -0.4 is 0 Å². The van der Waals surface area contributed by atoms with Crippen LogP contribution in [0, 0.1) is 0 Å². The highest BCUT2D eigenvalue weighted by Crippen LogP contribution is 2.30. The predicted octanol–water partition coefficient (Wildman–Crippen LogP) is 4.72. The molecular weight excluding hydrogens is 396 g/mol. The molecule has 2 aromatic carbocycles. The Kier molecular flexibility index (Phi) is 4.97. The second-order valence-corrected chi connectivity index (χ2v) is 9.94. The van der Waals surface area contributed by atoms with Crippen LogP contribution in [-0.4, -0.2) is 31.4 Å². The Morgan fingerprint density at radius 1 is 1.07 bits per heavy atom. The highest BCUT2D eigenvalue weighted by Gasteiger charge is 2.25. The molecule has 1 saturated heterocycles. The van der Waals surface area contributed by atoms with Gasteiger partial charge >= 0.3 is 0 Å². The second-order valence-electron chi connectivity index (χ2n) is 8.02. The minimum atomic E-state index is -3.46. The monoisotopic (exact) mass is 420 g/mol. The van der Waals surface area contributed by atoms with Crippen molar-refractivity contribution in [2.45, 2.75) is 29.7 Å². The number of hydrogen-bond acceptors (Lipinski definition) is 4. The number of nitrogens with zero attached hydrogens (tertiary/aromatic N) is 1. The third-order valence-corrected chi connectivity index (χ3v) is 7.48. The summed E-state index contributed by atoms with van der Waals surface area (Å²) in [6.07, 6.45) is 4.58. The van der Waals surface area contributed by atoms with Crippen molar-refractivity contribution >= 4 is 20.7 Å². The van der Waals surface area contributed by atoms with Crippen molar-refractivity contribution < 1.29 is 12.8 Å². The normalized spacial score (nSPS) is 17.7. The second kappa shape index (κ2) is 7.78. The van der Waals surface area contributed by atoms with E-state index in [1.165, 1.54) is 34.4 Å². The lowest BCUT2D eigenvalue weighted by atomic mass is 9.97. The van der Waals surface area contributed by atoms with Gasteiger partial charge in [-0.3, -0.25) is 4.90 Å². The molecular formula is C24H24N2O3S. The van der Waals surface area contributed by atoms with Gasteiger partial charge in [0.2, 0.25) is 14.9 Å². The molecule has 5 rings (SSSR count). The van der Waals surface area contributed by atoms with Crippen LogP contribution in [0.15, 0.2) is 82.6 Å². The average Bonchev–Trinajstić information content (AvgIpc) is 3.50. The van der Waals surface area contributed by atoms with Gasteiger partial charge < -0.3 is 9.40 Å². The fourth-order valence-electron chi connectivity index (χ4n) is 4.42. The number of rotatable bonds is 6. The topological polar surface area (TPSA) is 66.3 Å². The van der Waals surface area contributed by atoms with Crippen molar-refractivity contribution in [3.05, 3.63) is 89.8 Å². The minimum Gasteiger partial charge on any atom is -0.453 e. The van der Waals surface area contributed by atoms with E-state index in [1.54, 1.807) is 6.07 Å². The molecule has 3 heterocycles. The van der Waals surface area contributed by atoms with E-state index in [2.05, 4.69) is 40.3 Å². The molecule has 5 nitrogen and oxygen atoms in total. The summed E-state index contributed by atoms with van der Waals surface area (Å²) in [5.41, 5.74) is 4.51. The molecule has 0 radical (unpaired) electrons. The Balaban J connectivity index is 1.28. The van der Waals surface area contributed by atoms with Crippen LogP contribution in [0.3, 0.4) is 0 Å². The van der Waals surface area contributed by atoms with Crippen molar-refractivity contribution in [2.24, 2.45) is 0 Å². The maximum atomic E-state index is 12.5. The van der Waals surface area contributed by atoms with Crippen LogP contribution in [0.25, 0.3) is 10.9 Å². The number of aromatic nitrogens is 1. The molecule has 1 atom stereocenters. The number of para-hydroxylation sites is 1. The van der Waals surface area contributed by atoms with Crippen LogP contribution in [0.5, 0.6) is 0 Å². The molecule has 1 unspecified atom stereocenters. The van der Waals surface area contributed by atoms with Gasteiger partial charge in [-0.1, -0.05) is 42.5 Å². The van der Waals surface area contributed by atoms with Crippen molar-refractivity contribution in [2.75, 3.05) is 13.1 Å². The quantitative estimate of drug-likeness (QED) is 0.490. The van der Waals surface area contributed by atoms with Crippen LogP contribution >= 0.6 is 0 Å². The Hall–Kier alpha value is -2.83. The van der Waals surface area contributed by atoms with Crippen molar-refractivity contribution in [1.29, 1.82) is 0 Å². The van der Waals surface area contributed by atoms with Gasteiger partial charge in [0.15, 0.2) is 0 Å². The molecule has 30 heavy (non-hydrogen) atoms. The van der Waals surface area contributed by atoms with Crippen LogP contribution in [0.4, 0.5) is 0 Å². The van der Waals surface area contributed by atoms with Crippen LogP contribution in [0.1, 0.15) is 29.0 Å². The number of benzene rings is 2.